The summed E-state index contributed by atoms with van der Waals surface area (Å²) in [6.07, 6.45) is 0. The summed E-state index contributed by atoms with van der Waals surface area (Å²) >= 11 is 0. The topological polar surface area (TPSA) is 101 Å². The lowest BCUT2D eigenvalue weighted by Gasteiger charge is -2.07. The van der Waals surface area contributed by atoms with Crippen LogP contribution < -0.4 is 15.8 Å². The Morgan fingerprint density at radius 2 is 1.89 bits per heavy atom. The van der Waals surface area contributed by atoms with Crippen LogP contribution >= 0.6 is 0 Å². The number of amides is 1. The molecule has 0 radical (unpaired) electrons. The number of sulfonamides is 1. The molecule has 0 aliphatic rings. The van der Waals surface area contributed by atoms with Gasteiger partial charge in [-0.2, -0.15) is 0 Å². The van der Waals surface area contributed by atoms with Crippen LogP contribution in [-0.2, 0) is 16.6 Å². The van der Waals surface area contributed by atoms with E-state index in [2.05, 4.69) is 10.0 Å². The van der Waals surface area contributed by atoms with Gasteiger partial charge in [0.2, 0.25) is 10.0 Å². The molecule has 0 unspecified atom stereocenters. The highest BCUT2D eigenvalue weighted by atomic mass is 32.2. The summed E-state index contributed by atoms with van der Waals surface area (Å²) in [7, 11) is -3.30. The smallest absolute Gasteiger partial charge is 0.251 e. The maximum atomic E-state index is 11.7. The van der Waals surface area contributed by atoms with Crippen molar-refractivity contribution in [3.63, 3.8) is 0 Å². The fraction of sp³-hybridized carbons (Fsp3) is 0.417. The molecule has 1 amide bonds. The van der Waals surface area contributed by atoms with Crippen LogP contribution in [0.5, 0.6) is 0 Å². The van der Waals surface area contributed by atoms with E-state index in [1.54, 1.807) is 31.2 Å². The lowest BCUT2D eigenvalue weighted by atomic mass is 10.1. The second-order valence-corrected chi connectivity index (χ2v) is 5.90. The van der Waals surface area contributed by atoms with Crippen molar-refractivity contribution in [1.82, 2.24) is 10.0 Å². The number of hydrogen-bond donors (Lipinski definition) is 3. The first-order chi connectivity index (χ1) is 8.98. The second-order valence-electron chi connectivity index (χ2n) is 3.97. The van der Waals surface area contributed by atoms with Crippen molar-refractivity contribution < 1.29 is 13.2 Å². The Balaban J connectivity index is 2.47. The third-order valence-corrected chi connectivity index (χ3v) is 3.94. The highest BCUT2D eigenvalue weighted by Crippen LogP contribution is 2.03. The molecule has 1 aromatic rings. The monoisotopic (exact) mass is 285 g/mol. The number of hydrogen-bond acceptors (Lipinski definition) is 4. The molecule has 6 nitrogen and oxygen atoms in total. The lowest BCUT2D eigenvalue weighted by molar-refractivity contribution is 0.0956. The van der Waals surface area contributed by atoms with E-state index in [4.69, 9.17) is 5.73 Å². The van der Waals surface area contributed by atoms with Gasteiger partial charge in [-0.25, -0.2) is 13.1 Å². The van der Waals surface area contributed by atoms with Crippen LogP contribution in [0.1, 0.15) is 22.8 Å². The largest absolute Gasteiger partial charge is 0.351 e. The van der Waals surface area contributed by atoms with Gasteiger partial charge in [0.05, 0.1) is 5.75 Å². The van der Waals surface area contributed by atoms with Gasteiger partial charge in [0, 0.05) is 25.2 Å². The Hall–Kier alpha value is -1.44. The molecule has 0 aliphatic heterocycles. The van der Waals surface area contributed by atoms with Crippen molar-refractivity contribution in [1.29, 1.82) is 0 Å². The molecule has 7 heteroatoms. The summed E-state index contributed by atoms with van der Waals surface area (Å²) in [6, 6.07) is 6.86. The van der Waals surface area contributed by atoms with Gasteiger partial charge >= 0.3 is 0 Å². The standard InChI is InChI=1S/C12H19N3O3S/c1-2-15-19(17,18)8-7-14-12(16)11-5-3-10(9-13)4-6-11/h3-6,15H,2,7-9,13H2,1H3,(H,14,16). The van der Waals surface area contributed by atoms with Gasteiger partial charge in [-0.1, -0.05) is 19.1 Å². The first-order valence-electron chi connectivity index (χ1n) is 6.03. The van der Waals surface area contributed by atoms with Crippen LogP contribution in [0.2, 0.25) is 0 Å². The van der Waals surface area contributed by atoms with E-state index in [0.717, 1.165) is 5.56 Å². The molecule has 0 atom stereocenters. The summed E-state index contributed by atoms with van der Waals surface area (Å²) in [4.78, 5) is 11.7. The van der Waals surface area contributed by atoms with E-state index < -0.39 is 10.0 Å². The molecule has 106 valence electrons. The van der Waals surface area contributed by atoms with Crippen molar-refractivity contribution >= 4 is 15.9 Å². The third-order valence-electron chi connectivity index (χ3n) is 2.47. The third kappa shape index (κ3) is 5.37. The number of benzene rings is 1. The van der Waals surface area contributed by atoms with Gasteiger partial charge in [0.1, 0.15) is 0 Å². The Kier molecular flexibility index (Phi) is 5.94. The summed E-state index contributed by atoms with van der Waals surface area (Å²) < 4.78 is 25.1. The zero-order chi connectivity index (χ0) is 14.3. The molecular weight excluding hydrogens is 266 g/mol. The number of rotatable bonds is 7. The fourth-order valence-corrected chi connectivity index (χ4v) is 2.44. The predicted octanol–water partition coefficient (Wildman–Crippen LogP) is -0.186. The Bertz CT molecular complexity index is 512. The van der Waals surface area contributed by atoms with Gasteiger partial charge in [-0.05, 0) is 17.7 Å². The van der Waals surface area contributed by atoms with Crippen LogP contribution in [0.15, 0.2) is 24.3 Å². The lowest BCUT2D eigenvalue weighted by Crippen LogP contribution is -2.34. The molecule has 0 saturated carbocycles. The number of nitrogens with two attached hydrogens (primary N) is 1. The Morgan fingerprint density at radius 3 is 2.42 bits per heavy atom. The second kappa shape index (κ2) is 7.22. The molecule has 19 heavy (non-hydrogen) atoms. The zero-order valence-electron chi connectivity index (χ0n) is 10.8. The minimum Gasteiger partial charge on any atom is -0.351 e. The van der Waals surface area contributed by atoms with Crippen molar-refractivity contribution in [2.75, 3.05) is 18.8 Å². The van der Waals surface area contributed by atoms with Gasteiger partial charge in [-0.15, -0.1) is 0 Å². The van der Waals surface area contributed by atoms with Crippen molar-refractivity contribution in [3.8, 4) is 0 Å². The minimum absolute atomic E-state index is 0.0762. The van der Waals surface area contributed by atoms with E-state index in [1.807, 2.05) is 0 Å². The predicted molar refractivity (Wildman–Crippen MR) is 74.1 cm³/mol. The highest BCUT2D eigenvalue weighted by Gasteiger charge is 2.10. The van der Waals surface area contributed by atoms with Crippen LogP contribution in [0.4, 0.5) is 0 Å². The van der Waals surface area contributed by atoms with Crippen LogP contribution in [0, 0.1) is 0 Å². The molecule has 0 heterocycles. The molecule has 1 aromatic carbocycles. The van der Waals surface area contributed by atoms with E-state index in [9.17, 15) is 13.2 Å². The quantitative estimate of drug-likeness (QED) is 0.646. The Labute approximate surface area is 113 Å². The van der Waals surface area contributed by atoms with Crippen LogP contribution in [-0.4, -0.2) is 33.2 Å². The molecule has 0 bridgehead atoms. The van der Waals surface area contributed by atoms with Gasteiger partial charge in [-0.3, -0.25) is 4.79 Å². The molecule has 0 fully saturated rings. The summed E-state index contributed by atoms with van der Waals surface area (Å²) in [5, 5.41) is 2.56. The maximum absolute atomic E-state index is 11.7. The number of carbonyl (C=O) groups excluding carboxylic acids is 1. The van der Waals surface area contributed by atoms with Crippen LogP contribution in [0.25, 0.3) is 0 Å². The van der Waals surface area contributed by atoms with Gasteiger partial charge in [0.25, 0.3) is 5.91 Å². The Morgan fingerprint density at radius 1 is 1.26 bits per heavy atom. The normalized spacial score (nSPS) is 11.3. The number of carbonyl (C=O) groups is 1. The average molecular weight is 285 g/mol. The van der Waals surface area contributed by atoms with Crippen molar-refractivity contribution in [2.24, 2.45) is 5.73 Å². The fourth-order valence-electron chi connectivity index (χ4n) is 1.49. The molecule has 0 aliphatic carbocycles. The van der Waals surface area contributed by atoms with Crippen molar-refractivity contribution in [2.45, 2.75) is 13.5 Å². The summed E-state index contributed by atoms with van der Waals surface area (Å²) in [5.41, 5.74) is 6.88. The summed E-state index contributed by atoms with van der Waals surface area (Å²) in [5.74, 6) is -0.428. The molecule has 1 rings (SSSR count). The molecule has 0 saturated heterocycles. The molecule has 4 N–H and O–H groups in total. The van der Waals surface area contributed by atoms with Gasteiger partial charge in [0.15, 0.2) is 0 Å². The first kappa shape index (κ1) is 15.6. The highest BCUT2D eigenvalue weighted by molar-refractivity contribution is 7.89. The van der Waals surface area contributed by atoms with Crippen LogP contribution in [0.3, 0.4) is 0 Å². The molecule has 0 spiro atoms. The molecule has 0 aromatic heterocycles. The first-order valence-corrected chi connectivity index (χ1v) is 7.68. The van der Waals surface area contributed by atoms with E-state index in [0.29, 0.717) is 18.7 Å². The molecular formula is C12H19N3O3S. The number of nitrogens with one attached hydrogen (secondary N) is 2. The van der Waals surface area contributed by atoms with E-state index >= 15 is 0 Å². The summed E-state index contributed by atoms with van der Waals surface area (Å²) in [6.45, 7) is 2.54. The van der Waals surface area contributed by atoms with E-state index in [1.165, 1.54) is 0 Å². The minimum atomic E-state index is -3.30. The van der Waals surface area contributed by atoms with Gasteiger partial charge < -0.3 is 11.1 Å². The average Bonchev–Trinajstić information content (AvgIpc) is 2.38. The maximum Gasteiger partial charge on any atom is 0.251 e. The zero-order valence-corrected chi connectivity index (χ0v) is 11.7. The van der Waals surface area contributed by atoms with Crippen molar-refractivity contribution in [3.05, 3.63) is 35.4 Å². The SMILES string of the molecule is CCNS(=O)(=O)CCNC(=O)c1ccc(CN)cc1. The van der Waals surface area contributed by atoms with E-state index in [-0.39, 0.29) is 18.2 Å².